The van der Waals surface area contributed by atoms with E-state index in [1.165, 1.54) is 6.42 Å². The van der Waals surface area contributed by atoms with Crippen LogP contribution in [0, 0.1) is 5.92 Å². The average Bonchev–Trinajstić information content (AvgIpc) is 2.76. The minimum absolute atomic E-state index is 0.0410. The Labute approximate surface area is 131 Å². The molecule has 1 aliphatic heterocycles. The normalized spacial score (nSPS) is 23.8. The fourth-order valence-electron chi connectivity index (χ4n) is 3.50. The van der Waals surface area contributed by atoms with Crippen molar-refractivity contribution in [3.8, 4) is 5.75 Å². The van der Waals surface area contributed by atoms with Gasteiger partial charge in [-0.25, -0.2) is 0 Å². The average molecular weight is 303 g/mol. The van der Waals surface area contributed by atoms with Crippen LogP contribution in [-0.2, 0) is 11.2 Å². The van der Waals surface area contributed by atoms with Crippen molar-refractivity contribution >= 4 is 5.91 Å². The van der Waals surface area contributed by atoms with Crippen molar-refractivity contribution in [2.45, 2.75) is 50.5 Å². The first-order chi connectivity index (χ1) is 10.7. The minimum Gasteiger partial charge on any atom is -0.493 e. The van der Waals surface area contributed by atoms with Gasteiger partial charge in [0.2, 0.25) is 5.91 Å². The summed E-state index contributed by atoms with van der Waals surface area (Å²) in [6.07, 6.45) is 6.31. The summed E-state index contributed by atoms with van der Waals surface area (Å²) in [5.74, 6) is 0.860. The quantitative estimate of drug-likeness (QED) is 0.901. The third-order valence-electron chi connectivity index (χ3n) is 4.91. The van der Waals surface area contributed by atoms with Gasteiger partial charge in [0.25, 0.3) is 0 Å². The number of nitrogens with one attached hydrogen (secondary N) is 1. The lowest BCUT2D eigenvalue weighted by atomic mass is 9.84. The van der Waals surface area contributed by atoms with Crippen LogP contribution >= 0.6 is 0 Å². The number of ether oxygens (including phenoxy) is 1. The number of fused-ring (bicyclic) bond motifs is 1. The number of benzene rings is 1. The lowest BCUT2D eigenvalue weighted by Crippen LogP contribution is -2.46. The van der Waals surface area contributed by atoms with Gasteiger partial charge in [0.15, 0.2) is 0 Å². The molecule has 2 N–H and O–H groups in total. The van der Waals surface area contributed by atoms with E-state index >= 15 is 0 Å². The Kier molecular flexibility index (Phi) is 4.67. The third-order valence-corrected chi connectivity index (χ3v) is 4.91. The second kappa shape index (κ2) is 6.69. The summed E-state index contributed by atoms with van der Waals surface area (Å²) in [4.78, 5) is 12.5. The van der Waals surface area contributed by atoms with Crippen LogP contribution in [0.15, 0.2) is 24.3 Å². The van der Waals surface area contributed by atoms with Crippen LogP contribution in [0.4, 0.5) is 0 Å². The SMILES string of the molecule is O=C(NCC1(O)CCCCC1)C1CCOc2ccccc2C1. The molecule has 120 valence electrons. The van der Waals surface area contributed by atoms with E-state index in [0.717, 1.165) is 43.4 Å². The molecule has 0 radical (unpaired) electrons. The van der Waals surface area contributed by atoms with Crippen molar-refractivity contribution in [3.05, 3.63) is 29.8 Å². The van der Waals surface area contributed by atoms with Gasteiger partial charge in [0.1, 0.15) is 5.75 Å². The van der Waals surface area contributed by atoms with Gasteiger partial charge < -0.3 is 15.2 Å². The molecule has 1 atom stereocenters. The molecule has 22 heavy (non-hydrogen) atoms. The molecule has 1 amide bonds. The monoisotopic (exact) mass is 303 g/mol. The van der Waals surface area contributed by atoms with Crippen LogP contribution in [-0.4, -0.2) is 29.8 Å². The van der Waals surface area contributed by atoms with E-state index in [2.05, 4.69) is 5.32 Å². The predicted octanol–water partition coefficient (Wildman–Crippen LogP) is 2.44. The van der Waals surface area contributed by atoms with E-state index in [9.17, 15) is 9.90 Å². The lowest BCUT2D eigenvalue weighted by molar-refractivity contribution is -0.127. The molecule has 0 aromatic heterocycles. The summed E-state index contributed by atoms with van der Waals surface area (Å²) >= 11 is 0. The van der Waals surface area contributed by atoms with Gasteiger partial charge in [-0.2, -0.15) is 0 Å². The van der Waals surface area contributed by atoms with Crippen LogP contribution in [0.5, 0.6) is 5.75 Å². The number of para-hydroxylation sites is 1. The standard InChI is InChI=1S/C18H25NO3/c20-17(19-13-18(21)9-4-1-5-10-18)15-8-11-22-16-7-3-2-6-14(16)12-15/h2-3,6-7,15,21H,1,4-5,8-13H2,(H,19,20). The fraction of sp³-hybridized carbons (Fsp3) is 0.611. The van der Waals surface area contributed by atoms with E-state index in [-0.39, 0.29) is 11.8 Å². The highest BCUT2D eigenvalue weighted by atomic mass is 16.5. The molecule has 3 rings (SSSR count). The number of hydrogen-bond donors (Lipinski definition) is 2. The molecule has 4 nitrogen and oxygen atoms in total. The lowest BCUT2D eigenvalue weighted by Gasteiger charge is -2.32. The Hall–Kier alpha value is -1.55. The van der Waals surface area contributed by atoms with E-state index < -0.39 is 5.60 Å². The first kappa shape index (κ1) is 15.3. The third kappa shape index (κ3) is 3.61. The van der Waals surface area contributed by atoms with Crippen LogP contribution in [0.2, 0.25) is 0 Å². The van der Waals surface area contributed by atoms with Gasteiger partial charge in [-0.1, -0.05) is 37.5 Å². The molecule has 0 bridgehead atoms. The number of amides is 1. The van der Waals surface area contributed by atoms with E-state index in [4.69, 9.17) is 4.74 Å². The topological polar surface area (TPSA) is 58.6 Å². The first-order valence-electron chi connectivity index (χ1n) is 8.37. The van der Waals surface area contributed by atoms with Gasteiger partial charge in [-0.15, -0.1) is 0 Å². The summed E-state index contributed by atoms with van der Waals surface area (Å²) in [5, 5.41) is 13.5. The van der Waals surface area contributed by atoms with Crippen molar-refractivity contribution < 1.29 is 14.6 Å². The van der Waals surface area contributed by atoms with E-state index in [1.54, 1.807) is 0 Å². The summed E-state index contributed by atoms with van der Waals surface area (Å²) in [5.41, 5.74) is 0.393. The molecule has 4 heteroatoms. The van der Waals surface area contributed by atoms with Gasteiger partial charge >= 0.3 is 0 Å². The molecule has 1 aliphatic carbocycles. The Morgan fingerprint density at radius 1 is 1.27 bits per heavy atom. The van der Waals surface area contributed by atoms with Crippen molar-refractivity contribution in [1.29, 1.82) is 0 Å². The van der Waals surface area contributed by atoms with Crippen LogP contribution in [0.3, 0.4) is 0 Å². The summed E-state index contributed by atoms with van der Waals surface area (Å²) < 4.78 is 5.71. The molecule has 0 saturated heterocycles. The van der Waals surface area contributed by atoms with E-state index in [0.29, 0.717) is 19.6 Å². The molecular formula is C18H25NO3. The summed E-state index contributed by atoms with van der Waals surface area (Å²) in [6, 6.07) is 7.92. The molecular weight excluding hydrogens is 278 g/mol. The molecule has 0 spiro atoms. The van der Waals surface area contributed by atoms with E-state index in [1.807, 2.05) is 24.3 Å². The number of carbonyl (C=O) groups excluding carboxylic acids is 1. The van der Waals surface area contributed by atoms with Gasteiger partial charge in [0.05, 0.1) is 12.2 Å². The van der Waals surface area contributed by atoms with Crippen molar-refractivity contribution in [1.82, 2.24) is 5.32 Å². The molecule has 1 heterocycles. The molecule has 1 unspecified atom stereocenters. The van der Waals surface area contributed by atoms with Crippen molar-refractivity contribution in [2.75, 3.05) is 13.2 Å². The maximum absolute atomic E-state index is 12.5. The van der Waals surface area contributed by atoms with Crippen LogP contribution in [0.25, 0.3) is 0 Å². The smallest absolute Gasteiger partial charge is 0.223 e. The zero-order valence-electron chi connectivity index (χ0n) is 13.0. The highest BCUT2D eigenvalue weighted by Crippen LogP contribution is 2.29. The predicted molar refractivity (Wildman–Crippen MR) is 84.8 cm³/mol. The van der Waals surface area contributed by atoms with Gasteiger partial charge in [0, 0.05) is 12.5 Å². The molecule has 1 fully saturated rings. The highest BCUT2D eigenvalue weighted by molar-refractivity contribution is 5.79. The Morgan fingerprint density at radius 2 is 2.05 bits per heavy atom. The number of carbonyl (C=O) groups is 1. The molecule has 1 saturated carbocycles. The largest absolute Gasteiger partial charge is 0.493 e. The van der Waals surface area contributed by atoms with Crippen molar-refractivity contribution in [3.63, 3.8) is 0 Å². The maximum Gasteiger partial charge on any atom is 0.223 e. The molecule has 1 aromatic carbocycles. The second-order valence-electron chi connectivity index (χ2n) is 6.65. The first-order valence-corrected chi connectivity index (χ1v) is 8.37. The number of rotatable bonds is 3. The Balaban J connectivity index is 1.58. The highest BCUT2D eigenvalue weighted by Gasteiger charge is 2.31. The summed E-state index contributed by atoms with van der Waals surface area (Å²) in [6.45, 7) is 0.949. The number of aliphatic hydroxyl groups is 1. The second-order valence-corrected chi connectivity index (χ2v) is 6.65. The zero-order valence-corrected chi connectivity index (χ0v) is 13.0. The number of hydrogen-bond acceptors (Lipinski definition) is 3. The molecule has 2 aliphatic rings. The van der Waals surface area contributed by atoms with Crippen LogP contribution in [0.1, 0.15) is 44.1 Å². The van der Waals surface area contributed by atoms with Gasteiger partial charge in [-0.05, 0) is 37.3 Å². The minimum atomic E-state index is -0.701. The Morgan fingerprint density at radius 3 is 2.86 bits per heavy atom. The Bertz CT molecular complexity index is 523. The van der Waals surface area contributed by atoms with Crippen LogP contribution < -0.4 is 10.1 Å². The maximum atomic E-state index is 12.5. The molecule has 1 aromatic rings. The summed E-state index contributed by atoms with van der Waals surface area (Å²) in [7, 11) is 0. The fourth-order valence-corrected chi connectivity index (χ4v) is 3.50. The van der Waals surface area contributed by atoms with Crippen molar-refractivity contribution in [2.24, 2.45) is 5.92 Å². The van der Waals surface area contributed by atoms with Gasteiger partial charge in [-0.3, -0.25) is 4.79 Å². The zero-order chi connectivity index (χ0) is 15.4.